The van der Waals surface area contributed by atoms with E-state index < -0.39 is 0 Å². The molecule has 3 heteroatoms. The van der Waals surface area contributed by atoms with Crippen LogP contribution in [0.4, 0.5) is 0 Å². The predicted octanol–water partition coefficient (Wildman–Crippen LogP) is 1.39. The van der Waals surface area contributed by atoms with Crippen LogP contribution in [0.25, 0.3) is 0 Å². The molecule has 3 atom stereocenters. The van der Waals surface area contributed by atoms with Crippen LogP contribution in [0.3, 0.4) is 0 Å². The van der Waals surface area contributed by atoms with Gasteiger partial charge in [0, 0.05) is 32.7 Å². The van der Waals surface area contributed by atoms with Crippen molar-refractivity contribution >= 4 is 0 Å². The zero-order chi connectivity index (χ0) is 12.4. The van der Waals surface area contributed by atoms with Crippen LogP contribution in [-0.2, 0) is 0 Å². The minimum atomic E-state index is 0.812. The van der Waals surface area contributed by atoms with Gasteiger partial charge in [-0.1, -0.05) is 6.42 Å². The van der Waals surface area contributed by atoms with Crippen molar-refractivity contribution in [3.05, 3.63) is 0 Å². The Bertz CT molecular complexity index is 268. The number of nitrogens with zero attached hydrogens (tertiary/aromatic N) is 2. The fourth-order valence-corrected chi connectivity index (χ4v) is 4.54. The van der Waals surface area contributed by atoms with Crippen molar-refractivity contribution < 1.29 is 0 Å². The average molecular weight is 251 g/mol. The van der Waals surface area contributed by atoms with Gasteiger partial charge in [-0.05, 0) is 56.5 Å². The highest BCUT2D eigenvalue weighted by atomic mass is 15.2. The molecule has 3 aliphatic rings. The Morgan fingerprint density at radius 3 is 2.50 bits per heavy atom. The van der Waals surface area contributed by atoms with E-state index in [2.05, 4.69) is 9.80 Å². The molecular formula is C15H29N3. The molecule has 2 bridgehead atoms. The Hall–Kier alpha value is -0.120. The van der Waals surface area contributed by atoms with Gasteiger partial charge in [0.2, 0.25) is 0 Å². The first-order valence-electron chi connectivity index (χ1n) is 8.00. The van der Waals surface area contributed by atoms with Crippen molar-refractivity contribution in [3.8, 4) is 0 Å². The van der Waals surface area contributed by atoms with E-state index in [4.69, 9.17) is 5.73 Å². The first-order chi connectivity index (χ1) is 8.85. The molecule has 2 N–H and O–H groups in total. The lowest BCUT2D eigenvalue weighted by Crippen LogP contribution is -2.36. The first kappa shape index (κ1) is 12.9. The highest BCUT2D eigenvalue weighted by Crippen LogP contribution is 2.48. The number of rotatable bonds is 4. The standard InChI is InChI=1S/C15H29N3/c16-4-7-17-5-1-6-18(9-8-17)12-15-11-13-2-3-14(15)10-13/h13-15H,1-12,16H2. The summed E-state index contributed by atoms with van der Waals surface area (Å²) in [7, 11) is 0. The molecular weight excluding hydrogens is 222 g/mol. The molecule has 0 spiro atoms. The maximum absolute atomic E-state index is 5.66. The lowest BCUT2D eigenvalue weighted by atomic mass is 9.88. The number of hydrogen-bond acceptors (Lipinski definition) is 3. The summed E-state index contributed by atoms with van der Waals surface area (Å²) in [6, 6.07) is 0. The molecule has 2 saturated carbocycles. The van der Waals surface area contributed by atoms with Gasteiger partial charge in [-0.25, -0.2) is 0 Å². The van der Waals surface area contributed by atoms with Crippen LogP contribution >= 0.6 is 0 Å². The molecule has 0 aromatic heterocycles. The number of hydrogen-bond donors (Lipinski definition) is 1. The number of nitrogens with two attached hydrogens (primary N) is 1. The minimum Gasteiger partial charge on any atom is -0.329 e. The normalized spacial score (nSPS) is 38.2. The summed E-state index contributed by atoms with van der Waals surface area (Å²) < 4.78 is 0. The van der Waals surface area contributed by atoms with Gasteiger partial charge in [0.15, 0.2) is 0 Å². The molecule has 3 rings (SSSR count). The van der Waals surface area contributed by atoms with Gasteiger partial charge in [0.25, 0.3) is 0 Å². The molecule has 3 fully saturated rings. The molecule has 1 heterocycles. The Kier molecular flexibility index (Phi) is 4.22. The van der Waals surface area contributed by atoms with E-state index in [0.717, 1.165) is 30.8 Å². The summed E-state index contributed by atoms with van der Waals surface area (Å²) in [4.78, 5) is 5.28. The third kappa shape index (κ3) is 2.89. The molecule has 3 unspecified atom stereocenters. The van der Waals surface area contributed by atoms with Gasteiger partial charge < -0.3 is 15.5 Å². The van der Waals surface area contributed by atoms with E-state index in [1.54, 1.807) is 6.42 Å². The molecule has 1 aliphatic heterocycles. The Labute approximate surface area is 112 Å². The van der Waals surface area contributed by atoms with Gasteiger partial charge >= 0.3 is 0 Å². The summed E-state index contributed by atoms with van der Waals surface area (Å²) in [5.74, 6) is 3.21. The Morgan fingerprint density at radius 2 is 1.78 bits per heavy atom. The zero-order valence-corrected chi connectivity index (χ0v) is 11.7. The van der Waals surface area contributed by atoms with Gasteiger partial charge in [-0.3, -0.25) is 0 Å². The zero-order valence-electron chi connectivity index (χ0n) is 11.7. The molecule has 104 valence electrons. The van der Waals surface area contributed by atoms with Crippen molar-refractivity contribution in [1.29, 1.82) is 0 Å². The molecule has 0 amide bonds. The Balaban J connectivity index is 1.45. The van der Waals surface area contributed by atoms with Crippen molar-refractivity contribution in [2.75, 3.05) is 45.8 Å². The molecule has 2 aliphatic carbocycles. The van der Waals surface area contributed by atoms with E-state index >= 15 is 0 Å². The lowest BCUT2D eigenvalue weighted by Gasteiger charge is -2.29. The highest BCUT2D eigenvalue weighted by molar-refractivity contribution is 4.91. The predicted molar refractivity (Wildman–Crippen MR) is 75.5 cm³/mol. The molecule has 3 nitrogen and oxygen atoms in total. The summed E-state index contributed by atoms with van der Waals surface area (Å²) in [5.41, 5.74) is 5.66. The van der Waals surface area contributed by atoms with Crippen molar-refractivity contribution in [1.82, 2.24) is 9.80 Å². The van der Waals surface area contributed by atoms with Gasteiger partial charge in [-0.15, -0.1) is 0 Å². The molecule has 1 saturated heterocycles. The lowest BCUT2D eigenvalue weighted by molar-refractivity contribution is 0.191. The van der Waals surface area contributed by atoms with Crippen LogP contribution in [-0.4, -0.2) is 55.6 Å². The fourth-order valence-electron chi connectivity index (χ4n) is 4.54. The maximum Gasteiger partial charge on any atom is 0.0110 e. The Morgan fingerprint density at radius 1 is 0.944 bits per heavy atom. The smallest absolute Gasteiger partial charge is 0.0110 e. The topological polar surface area (TPSA) is 32.5 Å². The molecule has 0 radical (unpaired) electrons. The van der Waals surface area contributed by atoms with Crippen LogP contribution < -0.4 is 5.73 Å². The number of fused-ring (bicyclic) bond motifs is 2. The third-order valence-electron chi connectivity index (χ3n) is 5.50. The van der Waals surface area contributed by atoms with Crippen LogP contribution in [0.1, 0.15) is 32.1 Å². The second kappa shape index (κ2) is 5.89. The monoisotopic (exact) mass is 251 g/mol. The van der Waals surface area contributed by atoms with Gasteiger partial charge in [0.05, 0.1) is 0 Å². The molecule has 0 aromatic carbocycles. The quantitative estimate of drug-likeness (QED) is 0.819. The summed E-state index contributed by atoms with van der Waals surface area (Å²) >= 11 is 0. The summed E-state index contributed by atoms with van der Waals surface area (Å²) in [6.07, 6.45) is 7.49. The van der Waals surface area contributed by atoms with Crippen LogP contribution in [0, 0.1) is 17.8 Å². The second-order valence-corrected chi connectivity index (χ2v) is 6.72. The van der Waals surface area contributed by atoms with E-state index in [9.17, 15) is 0 Å². The van der Waals surface area contributed by atoms with E-state index in [1.165, 1.54) is 58.4 Å². The van der Waals surface area contributed by atoms with Crippen LogP contribution in [0.2, 0.25) is 0 Å². The van der Waals surface area contributed by atoms with Gasteiger partial charge in [0.1, 0.15) is 0 Å². The molecule has 0 aromatic rings. The SMILES string of the molecule is NCCN1CCCN(CC2CC3CCC2C3)CC1. The van der Waals surface area contributed by atoms with E-state index in [-0.39, 0.29) is 0 Å². The minimum absolute atomic E-state index is 0.812. The third-order valence-corrected chi connectivity index (χ3v) is 5.50. The van der Waals surface area contributed by atoms with Crippen LogP contribution in [0.5, 0.6) is 0 Å². The van der Waals surface area contributed by atoms with Crippen LogP contribution in [0.15, 0.2) is 0 Å². The first-order valence-corrected chi connectivity index (χ1v) is 8.00. The highest BCUT2D eigenvalue weighted by Gasteiger charge is 2.39. The van der Waals surface area contributed by atoms with Crippen molar-refractivity contribution in [2.45, 2.75) is 32.1 Å². The summed E-state index contributed by atoms with van der Waals surface area (Å²) in [6.45, 7) is 8.36. The fraction of sp³-hybridized carbons (Fsp3) is 1.00. The van der Waals surface area contributed by atoms with Crippen molar-refractivity contribution in [2.24, 2.45) is 23.5 Å². The van der Waals surface area contributed by atoms with E-state index in [1.807, 2.05) is 0 Å². The largest absolute Gasteiger partial charge is 0.329 e. The second-order valence-electron chi connectivity index (χ2n) is 6.72. The maximum atomic E-state index is 5.66. The average Bonchev–Trinajstić information content (AvgIpc) is 2.91. The summed E-state index contributed by atoms with van der Waals surface area (Å²) in [5, 5.41) is 0. The van der Waals surface area contributed by atoms with Crippen molar-refractivity contribution in [3.63, 3.8) is 0 Å². The van der Waals surface area contributed by atoms with Gasteiger partial charge in [-0.2, -0.15) is 0 Å². The van der Waals surface area contributed by atoms with E-state index in [0.29, 0.717) is 0 Å². The molecule has 18 heavy (non-hydrogen) atoms.